The van der Waals surface area contributed by atoms with Crippen LogP contribution in [0.2, 0.25) is 0 Å². The van der Waals surface area contributed by atoms with Crippen molar-refractivity contribution in [2.24, 2.45) is 17.8 Å². The van der Waals surface area contributed by atoms with Gasteiger partial charge in [-0.1, -0.05) is 44.0 Å². The van der Waals surface area contributed by atoms with Crippen LogP contribution in [-0.2, 0) is 21.0 Å². The van der Waals surface area contributed by atoms with Crippen molar-refractivity contribution < 1.29 is 31.5 Å². The number of rotatable bonds is 8. The number of nitrogens with zero attached hydrogens (tertiary/aromatic N) is 4. The molecule has 9 nitrogen and oxygen atoms in total. The fourth-order valence-corrected chi connectivity index (χ4v) is 7.04. The summed E-state index contributed by atoms with van der Waals surface area (Å²) >= 11 is 0. The number of piperidine rings is 1. The number of nitrogens with one attached hydrogen (secondary N) is 1. The summed E-state index contributed by atoms with van der Waals surface area (Å²) in [6, 6.07) is 9.26. The van der Waals surface area contributed by atoms with E-state index in [-0.39, 0.29) is 40.2 Å². The normalized spacial score (nSPS) is 22.5. The molecule has 2 fully saturated rings. The summed E-state index contributed by atoms with van der Waals surface area (Å²) in [6.07, 6.45) is -0.365. The second kappa shape index (κ2) is 10.9. The lowest BCUT2D eigenvalue weighted by Crippen LogP contribution is -2.61. The molecule has 0 radical (unpaired) electrons. The highest BCUT2D eigenvalue weighted by molar-refractivity contribution is 7.92. The number of aromatic nitrogens is 3. The number of hydrogen-bond donors (Lipinski definition) is 2. The van der Waals surface area contributed by atoms with Crippen molar-refractivity contribution in [1.29, 1.82) is 0 Å². The molecular formula is C28H30F3N5O4S. The summed E-state index contributed by atoms with van der Waals surface area (Å²) < 4.78 is 70.2. The van der Waals surface area contributed by atoms with Crippen LogP contribution in [0.5, 0.6) is 0 Å². The van der Waals surface area contributed by atoms with Crippen LogP contribution in [-0.4, -0.2) is 47.0 Å². The topological polar surface area (TPSA) is 125 Å². The van der Waals surface area contributed by atoms with Gasteiger partial charge in [-0.25, -0.2) is 9.97 Å². The maximum Gasteiger partial charge on any atom is 0.418 e. The molecule has 1 saturated heterocycles. The van der Waals surface area contributed by atoms with Crippen LogP contribution in [0.25, 0.3) is 11.3 Å². The molecule has 0 amide bonds. The van der Waals surface area contributed by atoms with Crippen LogP contribution >= 0.6 is 0 Å². The third-order valence-corrected chi connectivity index (χ3v) is 9.31. The fourth-order valence-electron chi connectivity index (χ4n) is 6.11. The van der Waals surface area contributed by atoms with Gasteiger partial charge in [0.2, 0.25) is 5.95 Å². The standard InChI is InChI=1S/C28H30F3N5O4S/c1-3-6-17-12-14-36(21-15-19(24(17)21)26(37)38)27-32-13-11-23(34-27)41(39,40)35-22-10-9-20(28(29,30)31)25(33-22)18-8-5-4-7-16(18)2/h4-5,7-11,13,17,19,21,24H,3,6,12,14-15H2,1-2H3,(H,33,35)(H,37,38). The fraction of sp³-hybridized carbons (Fsp3) is 0.429. The minimum absolute atomic E-state index is 0.0700. The van der Waals surface area contributed by atoms with E-state index in [1.807, 2.05) is 4.90 Å². The summed E-state index contributed by atoms with van der Waals surface area (Å²) in [5, 5.41) is 9.30. The van der Waals surface area contributed by atoms with Crippen LogP contribution in [0.4, 0.5) is 24.9 Å². The number of carboxylic acids is 1. The summed E-state index contributed by atoms with van der Waals surface area (Å²) in [4.78, 5) is 26.3. The van der Waals surface area contributed by atoms with Crippen molar-refractivity contribution in [3.05, 3.63) is 59.8 Å². The lowest BCUT2D eigenvalue weighted by molar-refractivity contribution is -0.152. The van der Waals surface area contributed by atoms with Crippen molar-refractivity contribution >= 4 is 27.8 Å². The predicted octanol–water partition coefficient (Wildman–Crippen LogP) is 5.38. The number of aryl methyl sites for hydroxylation is 1. The molecule has 4 atom stereocenters. The second-order valence-corrected chi connectivity index (χ2v) is 12.2. The smallest absolute Gasteiger partial charge is 0.418 e. The largest absolute Gasteiger partial charge is 0.481 e. The summed E-state index contributed by atoms with van der Waals surface area (Å²) in [7, 11) is -4.35. The lowest BCUT2D eigenvalue weighted by Gasteiger charge is -2.55. The monoisotopic (exact) mass is 589 g/mol. The highest BCUT2D eigenvalue weighted by Crippen LogP contribution is 2.49. The van der Waals surface area contributed by atoms with Crippen molar-refractivity contribution in [1.82, 2.24) is 15.0 Å². The van der Waals surface area contributed by atoms with Crippen LogP contribution in [0, 0.1) is 24.7 Å². The van der Waals surface area contributed by atoms with Gasteiger partial charge in [0, 0.05) is 24.3 Å². The Morgan fingerprint density at radius 3 is 2.59 bits per heavy atom. The zero-order valence-electron chi connectivity index (χ0n) is 22.5. The van der Waals surface area contributed by atoms with E-state index in [1.54, 1.807) is 25.1 Å². The van der Waals surface area contributed by atoms with Gasteiger partial charge in [-0.3, -0.25) is 9.52 Å². The Morgan fingerprint density at radius 2 is 1.90 bits per heavy atom. The third-order valence-electron chi connectivity index (χ3n) is 8.06. The second-order valence-electron chi connectivity index (χ2n) is 10.6. The van der Waals surface area contributed by atoms with Crippen LogP contribution < -0.4 is 9.62 Å². The SMILES string of the molecule is CCCC1CCN(c2nccc(S(=O)(=O)Nc3ccc(C(F)(F)F)c(-c4ccccc4C)n3)n2)C2CC(C(=O)O)C12. The molecule has 13 heteroatoms. The van der Waals surface area contributed by atoms with Gasteiger partial charge in [0.1, 0.15) is 5.82 Å². The Bertz CT molecular complexity index is 1570. The molecule has 3 heterocycles. The number of hydrogen-bond acceptors (Lipinski definition) is 7. The van der Waals surface area contributed by atoms with Gasteiger partial charge in [0.05, 0.1) is 17.2 Å². The van der Waals surface area contributed by atoms with Gasteiger partial charge in [0.15, 0.2) is 5.03 Å². The Morgan fingerprint density at radius 1 is 1.15 bits per heavy atom. The first-order valence-electron chi connectivity index (χ1n) is 13.4. The Balaban J connectivity index is 1.43. The third kappa shape index (κ3) is 5.59. The first kappa shape index (κ1) is 28.8. The van der Waals surface area contributed by atoms with E-state index in [2.05, 4.69) is 26.6 Å². The van der Waals surface area contributed by atoms with Crippen molar-refractivity contribution in [2.75, 3.05) is 16.2 Å². The number of anilines is 2. The average molecular weight is 590 g/mol. The molecule has 218 valence electrons. The van der Waals surface area contributed by atoms with E-state index < -0.39 is 39.3 Å². The maximum atomic E-state index is 13.8. The highest BCUT2D eigenvalue weighted by atomic mass is 32.2. The van der Waals surface area contributed by atoms with Crippen LogP contribution in [0.15, 0.2) is 53.7 Å². The number of alkyl halides is 3. The number of pyridine rings is 1. The van der Waals surface area contributed by atoms with Crippen molar-refractivity contribution in [2.45, 2.75) is 56.8 Å². The molecule has 2 N–H and O–H groups in total. The summed E-state index contributed by atoms with van der Waals surface area (Å²) in [5.41, 5.74) is -0.599. The molecular weight excluding hydrogens is 559 g/mol. The lowest BCUT2D eigenvalue weighted by atomic mass is 9.59. The van der Waals surface area contributed by atoms with E-state index >= 15 is 0 Å². The van der Waals surface area contributed by atoms with E-state index in [9.17, 15) is 31.5 Å². The molecule has 4 unspecified atom stereocenters. The number of aliphatic carboxylic acids is 1. The van der Waals surface area contributed by atoms with E-state index in [4.69, 9.17) is 0 Å². The van der Waals surface area contributed by atoms with E-state index in [0.29, 0.717) is 18.5 Å². The zero-order valence-corrected chi connectivity index (χ0v) is 23.3. The molecule has 1 aromatic carbocycles. The zero-order chi connectivity index (χ0) is 29.5. The van der Waals surface area contributed by atoms with Gasteiger partial charge in [-0.2, -0.15) is 26.6 Å². The number of benzene rings is 1. The highest BCUT2D eigenvalue weighted by Gasteiger charge is 2.54. The Labute approximate surface area is 235 Å². The summed E-state index contributed by atoms with van der Waals surface area (Å²) in [6.45, 7) is 4.28. The maximum absolute atomic E-state index is 13.8. The first-order valence-corrected chi connectivity index (χ1v) is 14.9. The number of carbonyl (C=O) groups is 1. The van der Waals surface area contributed by atoms with Gasteiger partial charge in [0.25, 0.3) is 10.0 Å². The molecule has 1 aliphatic heterocycles. The Hall–Kier alpha value is -3.74. The van der Waals surface area contributed by atoms with Crippen molar-refractivity contribution in [3.8, 4) is 11.3 Å². The molecule has 5 rings (SSSR count). The molecule has 1 aliphatic carbocycles. The van der Waals surface area contributed by atoms with Gasteiger partial charge < -0.3 is 10.0 Å². The van der Waals surface area contributed by atoms with Crippen LogP contribution in [0.3, 0.4) is 0 Å². The average Bonchev–Trinajstić information content (AvgIpc) is 2.89. The quantitative estimate of drug-likeness (QED) is 0.336. The molecule has 2 aliphatic rings. The number of fused-ring (bicyclic) bond motifs is 1. The van der Waals surface area contributed by atoms with E-state index in [0.717, 1.165) is 31.4 Å². The first-order chi connectivity index (χ1) is 19.4. The van der Waals surface area contributed by atoms with E-state index in [1.165, 1.54) is 18.3 Å². The number of halogens is 3. The molecule has 3 aromatic rings. The van der Waals surface area contributed by atoms with Gasteiger partial charge in [-0.15, -0.1) is 0 Å². The molecule has 1 saturated carbocycles. The van der Waals surface area contributed by atoms with Gasteiger partial charge >= 0.3 is 12.1 Å². The minimum atomic E-state index is -4.70. The molecule has 2 aromatic heterocycles. The molecule has 41 heavy (non-hydrogen) atoms. The van der Waals surface area contributed by atoms with Gasteiger partial charge in [-0.05, 0) is 55.4 Å². The summed E-state index contributed by atoms with van der Waals surface area (Å²) in [5.74, 6) is -1.22. The number of carboxylic acid groups (broad SMARTS) is 1. The Kier molecular flexibility index (Phi) is 7.66. The van der Waals surface area contributed by atoms with Crippen LogP contribution in [0.1, 0.15) is 43.7 Å². The number of sulfonamides is 1. The molecule has 0 spiro atoms. The molecule has 0 bridgehead atoms. The predicted molar refractivity (Wildman–Crippen MR) is 146 cm³/mol. The minimum Gasteiger partial charge on any atom is -0.481 e. The van der Waals surface area contributed by atoms with Crippen molar-refractivity contribution in [3.63, 3.8) is 0 Å².